The van der Waals surface area contributed by atoms with Crippen LogP contribution in [0.2, 0.25) is 0 Å². The number of carbonyl (C=O) groups excluding carboxylic acids is 1. The summed E-state index contributed by atoms with van der Waals surface area (Å²) in [6, 6.07) is 16.6. The molecule has 1 amide bonds. The number of hydrogen-bond donors (Lipinski definition) is 3. The number of primary amides is 1. The number of nitrogens with zero attached hydrogens (tertiary/aromatic N) is 3. The number of nitrogens with two attached hydrogens (primary N) is 1. The summed E-state index contributed by atoms with van der Waals surface area (Å²) in [6.07, 6.45) is 2.33. The molecule has 2 heterocycles. The Bertz CT molecular complexity index is 1220. The van der Waals surface area contributed by atoms with Crippen LogP contribution in [0.5, 0.6) is 11.6 Å². The highest BCUT2D eigenvalue weighted by Gasteiger charge is 2.15. The van der Waals surface area contributed by atoms with Gasteiger partial charge in [0, 0.05) is 30.3 Å². The van der Waals surface area contributed by atoms with Gasteiger partial charge >= 0.3 is 0 Å². The first-order valence-corrected chi connectivity index (χ1v) is 9.94. The highest BCUT2D eigenvalue weighted by Crippen LogP contribution is 2.29. The summed E-state index contributed by atoms with van der Waals surface area (Å²) < 4.78 is 7.66. The van der Waals surface area contributed by atoms with Gasteiger partial charge in [0.2, 0.25) is 11.8 Å². The molecule has 0 radical (unpaired) electrons. The first kappa shape index (κ1) is 20.4. The van der Waals surface area contributed by atoms with Crippen LogP contribution in [-0.2, 0) is 0 Å². The van der Waals surface area contributed by atoms with Crippen molar-refractivity contribution in [2.45, 2.75) is 13.3 Å². The number of aryl methyl sites for hydroxylation is 1. The standard InChI is InChI=1S/C23H23N5O3/c1-15-12-16(8-9-18(15)22(24)30)20-14-26-23-19(25-10-5-11-29)13-21(27-28(20)23)31-17-6-3-2-4-7-17/h2-4,6-9,12-14,25,29H,5,10-11H2,1H3,(H2,24,30). The molecule has 2 aromatic carbocycles. The molecule has 158 valence electrons. The maximum atomic E-state index is 11.6. The van der Waals surface area contributed by atoms with E-state index in [-0.39, 0.29) is 6.61 Å². The van der Waals surface area contributed by atoms with Crippen molar-refractivity contribution in [3.63, 3.8) is 0 Å². The molecule has 4 aromatic rings. The lowest BCUT2D eigenvalue weighted by Crippen LogP contribution is -2.12. The van der Waals surface area contributed by atoms with E-state index in [9.17, 15) is 4.79 Å². The van der Waals surface area contributed by atoms with Crippen LogP contribution in [0, 0.1) is 6.92 Å². The van der Waals surface area contributed by atoms with Crippen LogP contribution in [0.1, 0.15) is 22.3 Å². The predicted octanol–water partition coefficient (Wildman–Crippen LogP) is 3.39. The minimum absolute atomic E-state index is 0.0902. The summed E-state index contributed by atoms with van der Waals surface area (Å²) in [5.41, 5.74) is 9.65. The number of para-hydroxylation sites is 1. The Morgan fingerprint density at radius 3 is 2.71 bits per heavy atom. The molecule has 0 unspecified atom stereocenters. The third kappa shape index (κ3) is 4.34. The minimum atomic E-state index is -0.464. The number of rotatable bonds is 8. The van der Waals surface area contributed by atoms with Crippen molar-refractivity contribution >= 4 is 17.2 Å². The third-order valence-electron chi connectivity index (χ3n) is 4.85. The van der Waals surface area contributed by atoms with Crippen LogP contribution in [-0.4, -0.2) is 38.8 Å². The van der Waals surface area contributed by atoms with E-state index >= 15 is 0 Å². The van der Waals surface area contributed by atoms with Crippen LogP contribution in [0.25, 0.3) is 16.9 Å². The van der Waals surface area contributed by atoms with Gasteiger partial charge in [0.15, 0.2) is 5.65 Å². The Labute approximate surface area is 179 Å². The molecule has 4 N–H and O–H groups in total. The number of fused-ring (bicyclic) bond motifs is 1. The summed E-state index contributed by atoms with van der Waals surface area (Å²) in [6.45, 7) is 2.51. The van der Waals surface area contributed by atoms with E-state index in [4.69, 9.17) is 15.6 Å². The molecule has 8 heteroatoms. The molecule has 8 nitrogen and oxygen atoms in total. The van der Waals surface area contributed by atoms with Gasteiger partial charge in [-0.05, 0) is 43.2 Å². The smallest absolute Gasteiger partial charge is 0.248 e. The molecule has 0 fully saturated rings. The van der Waals surface area contributed by atoms with Crippen molar-refractivity contribution in [1.29, 1.82) is 0 Å². The number of aromatic nitrogens is 3. The third-order valence-corrected chi connectivity index (χ3v) is 4.85. The Morgan fingerprint density at radius 2 is 2.00 bits per heavy atom. The molecule has 4 rings (SSSR count). The first-order valence-electron chi connectivity index (χ1n) is 9.94. The summed E-state index contributed by atoms with van der Waals surface area (Å²) in [5, 5.41) is 17.0. The second-order valence-electron chi connectivity index (χ2n) is 7.09. The number of aliphatic hydroxyl groups excluding tert-OH is 1. The highest BCUT2D eigenvalue weighted by molar-refractivity contribution is 5.94. The average molecular weight is 417 g/mol. The van der Waals surface area contributed by atoms with E-state index in [2.05, 4.69) is 15.4 Å². The topological polar surface area (TPSA) is 115 Å². The summed E-state index contributed by atoms with van der Waals surface area (Å²) in [5.74, 6) is 0.600. The van der Waals surface area contributed by atoms with Gasteiger partial charge in [-0.3, -0.25) is 4.79 Å². The van der Waals surface area contributed by atoms with E-state index in [0.29, 0.717) is 35.8 Å². The molecule has 0 aliphatic carbocycles. The predicted molar refractivity (Wildman–Crippen MR) is 118 cm³/mol. The fourth-order valence-corrected chi connectivity index (χ4v) is 3.33. The second kappa shape index (κ2) is 8.85. The van der Waals surface area contributed by atoms with Crippen LogP contribution < -0.4 is 15.8 Å². The van der Waals surface area contributed by atoms with Gasteiger partial charge in [-0.25, -0.2) is 9.50 Å². The molecule has 0 spiro atoms. The lowest BCUT2D eigenvalue weighted by molar-refractivity contribution is 0.0999. The SMILES string of the molecule is Cc1cc(-c2cnc3c(NCCCO)cc(Oc4ccccc4)nn23)ccc1C(N)=O. The fourth-order valence-electron chi connectivity index (χ4n) is 3.33. The number of hydrogen-bond acceptors (Lipinski definition) is 6. The number of aliphatic hydroxyl groups is 1. The maximum absolute atomic E-state index is 11.6. The average Bonchev–Trinajstić information content (AvgIpc) is 3.18. The zero-order chi connectivity index (χ0) is 21.8. The minimum Gasteiger partial charge on any atom is -0.438 e. The highest BCUT2D eigenvalue weighted by atomic mass is 16.5. The number of ether oxygens (including phenoxy) is 1. The Hall–Kier alpha value is -3.91. The van der Waals surface area contributed by atoms with E-state index in [1.54, 1.807) is 22.8 Å². The lowest BCUT2D eigenvalue weighted by atomic mass is 10.0. The van der Waals surface area contributed by atoms with Crippen LogP contribution in [0.15, 0.2) is 60.8 Å². The molecule has 0 bridgehead atoms. The fraction of sp³-hybridized carbons (Fsp3) is 0.174. The van der Waals surface area contributed by atoms with E-state index < -0.39 is 5.91 Å². The molecule has 2 aromatic heterocycles. The van der Waals surface area contributed by atoms with Crippen molar-refractivity contribution in [2.24, 2.45) is 5.73 Å². The van der Waals surface area contributed by atoms with Crippen molar-refractivity contribution in [3.8, 4) is 22.9 Å². The summed E-state index contributed by atoms with van der Waals surface area (Å²) in [7, 11) is 0. The van der Waals surface area contributed by atoms with Crippen LogP contribution in [0.4, 0.5) is 5.69 Å². The van der Waals surface area contributed by atoms with E-state index in [0.717, 1.165) is 22.5 Å². The molecule has 31 heavy (non-hydrogen) atoms. The molecule has 0 saturated heterocycles. The van der Waals surface area contributed by atoms with Crippen molar-refractivity contribution in [1.82, 2.24) is 14.6 Å². The Balaban J connectivity index is 1.79. The normalized spacial score (nSPS) is 10.9. The number of amides is 1. The number of nitrogens with one attached hydrogen (secondary N) is 1. The van der Waals surface area contributed by atoms with Gasteiger partial charge in [-0.2, -0.15) is 0 Å². The molecular formula is C23H23N5O3. The van der Waals surface area contributed by atoms with Crippen molar-refractivity contribution < 1.29 is 14.6 Å². The molecular weight excluding hydrogens is 394 g/mol. The van der Waals surface area contributed by atoms with Crippen LogP contribution >= 0.6 is 0 Å². The molecule has 0 aliphatic rings. The lowest BCUT2D eigenvalue weighted by Gasteiger charge is -2.12. The van der Waals surface area contributed by atoms with Gasteiger partial charge in [-0.15, -0.1) is 5.10 Å². The van der Waals surface area contributed by atoms with Gasteiger partial charge in [-0.1, -0.05) is 24.3 Å². The van der Waals surface area contributed by atoms with Gasteiger partial charge in [0.05, 0.1) is 17.6 Å². The quantitative estimate of drug-likeness (QED) is 0.379. The molecule has 0 saturated carbocycles. The zero-order valence-corrected chi connectivity index (χ0v) is 17.1. The monoisotopic (exact) mass is 417 g/mol. The number of carbonyl (C=O) groups is 1. The largest absolute Gasteiger partial charge is 0.438 e. The van der Waals surface area contributed by atoms with Crippen LogP contribution in [0.3, 0.4) is 0 Å². The second-order valence-corrected chi connectivity index (χ2v) is 7.09. The van der Waals surface area contributed by atoms with Crippen molar-refractivity contribution in [3.05, 3.63) is 71.9 Å². The maximum Gasteiger partial charge on any atom is 0.248 e. The van der Waals surface area contributed by atoms with E-state index in [1.807, 2.05) is 49.4 Å². The Kier molecular flexibility index (Phi) is 5.81. The van der Waals surface area contributed by atoms with Gasteiger partial charge in [0.1, 0.15) is 5.75 Å². The molecule has 0 atom stereocenters. The number of anilines is 1. The van der Waals surface area contributed by atoms with Crippen molar-refractivity contribution in [2.75, 3.05) is 18.5 Å². The Morgan fingerprint density at radius 1 is 1.19 bits per heavy atom. The van der Waals surface area contributed by atoms with Gasteiger partial charge < -0.3 is 20.9 Å². The zero-order valence-electron chi connectivity index (χ0n) is 17.1. The summed E-state index contributed by atoms with van der Waals surface area (Å²) in [4.78, 5) is 16.1. The molecule has 0 aliphatic heterocycles. The number of benzene rings is 2. The first-order chi connectivity index (χ1) is 15.1. The summed E-state index contributed by atoms with van der Waals surface area (Å²) >= 11 is 0. The van der Waals surface area contributed by atoms with E-state index in [1.165, 1.54) is 0 Å². The number of imidazole rings is 1. The van der Waals surface area contributed by atoms with Gasteiger partial charge in [0.25, 0.3) is 0 Å².